The number of hydrogen-bond donors (Lipinski definition) is 3. The number of fused-ring (bicyclic) bond motifs is 1. The van der Waals surface area contributed by atoms with Gasteiger partial charge in [0.1, 0.15) is 11.3 Å². The molecule has 5 heteroatoms. The average Bonchev–Trinajstić information content (AvgIpc) is 2.54. The summed E-state index contributed by atoms with van der Waals surface area (Å²) < 4.78 is 0. The second-order valence-corrected chi connectivity index (χ2v) is 5.65. The van der Waals surface area contributed by atoms with Crippen molar-refractivity contribution < 1.29 is 19.8 Å². The standard InChI is InChI=1S/C11H8O3.C8H17NO/c12-10-6-8-4-2-1-3-7(8)5-9(10)11(13)14;1-2-3-4-5-6-7-8(9)10/h1-6,12H,(H,13,14);2-7H2,1H3,(H2,9,10). The minimum atomic E-state index is -1.12. The first kappa shape index (κ1) is 19.5. The Labute approximate surface area is 142 Å². The van der Waals surface area contributed by atoms with Gasteiger partial charge in [-0.1, -0.05) is 56.9 Å². The molecular weight excluding hydrogens is 306 g/mol. The maximum Gasteiger partial charge on any atom is 0.339 e. The number of carboxylic acid groups (broad SMARTS) is 1. The molecule has 0 radical (unpaired) electrons. The van der Waals surface area contributed by atoms with Crippen LogP contribution in [-0.2, 0) is 4.79 Å². The van der Waals surface area contributed by atoms with Gasteiger partial charge in [0.25, 0.3) is 0 Å². The van der Waals surface area contributed by atoms with Crippen molar-refractivity contribution in [1.82, 2.24) is 0 Å². The third kappa shape index (κ3) is 6.69. The Morgan fingerprint density at radius 1 is 1.00 bits per heavy atom. The Morgan fingerprint density at radius 3 is 2.12 bits per heavy atom. The van der Waals surface area contributed by atoms with Crippen LogP contribution in [0.15, 0.2) is 36.4 Å². The van der Waals surface area contributed by atoms with E-state index in [-0.39, 0.29) is 17.2 Å². The number of aromatic hydroxyl groups is 1. The first-order valence-corrected chi connectivity index (χ1v) is 8.19. The van der Waals surface area contributed by atoms with Gasteiger partial charge in [0.2, 0.25) is 5.91 Å². The number of carbonyl (C=O) groups is 2. The highest BCUT2D eigenvalue weighted by molar-refractivity contribution is 5.97. The first-order chi connectivity index (χ1) is 11.5. The third-order valence-corrected chi connectivity index (χ3v) is 3.62. The van der Waals surface area contributed by atoms with Crippen molar-refractivity contribution >= 4 is 22.6 Å². The van der Waals surface area contributed by atoms with Gasteiger partial charge >= 0.3 is 5.97 Å². The molecular formula is C19H25NO4. The summed E-state index contributed by atoms with van der Waals surface area (Å²) in [6.07, 6.45) is 6.44. The summed E-state index contributed by atoms with van der Waals surface area (Å²) in [4.78, 5) is 21.0. The molecule has 0 unspecified atom stereocenters. The van der Waals surface area contributed by atoms with Gasteiger partial charge in [0.15, 0.2) is 0 Å². The number of nitrogens with two attached hydrogens (primary N) is 1. The van der Waals surface area contributed by atoms with Gasteiger partial charge in [-0.2, -0.15) is 0 Å². The van der Waals surface area contributed by atoms with Crippen LogP contribution in [0.5, 0.6) is 5.75 Å². The van der Waals surface area contributed by atoms with Crippen LogP contribution in [0.1, 0.15) is 55.8 Å². The molecule has 24 heavy (non-hydrogen) atoms. The van der Waals surface area contributed by atoms with Crippen molar-refractivity contribution in [2.45, 2.75) is 45.4 Å². The number of phenols is 1. The van der Waals surface area contributed by atoms with Crippen molar-refractivity contribution in [2.75, 3.05) is 0 Å². The highest BCUT2D eigenvalue weighted by Gasteiger charge is 2.09. The van der Waals surface area contributed by atoms with E-state index < -0.39 is 5.97 Å². The van der Waals surface area contributed by atoms with Crippen molar-refractivity contribution in [2.24, 2.45) is 5.73 Å². The molecule has 0 saturated heterocycles. The highest BCUT2D eigenvalue weighted by Crippen LogP contribution is 2.24. The van der Waals surface area contributed by atoms with Crippen LogP contribution >= 0.6 is 0 Å². The molecule has 0 fully saturated rings. The predicted octanol–water partition coefficient (Wildman–Crippen LogP) is 4.08. The van der Waals surface area contributed by atoms with Crippen molar-refractivity contribution in [1.29, 1.82) is 0 Å². The molecule has 1 amide bonds. The lowest BCUT2D eigenvalue weighted by atomic mass is 10.1. The Bertz CT molecular complexity index is 682. The fourth-order valence-electron chi connectivity index (χ4n) is 2.30. The lowest BCUT2D eigenvalue weighted by Crippen LogP contribution is -2.09. The molecule has 0 aliphatic carbocycles. The SMILES string of the molecule is CCCCCCCC(N)=O.O=C(O)c1cc2ccccc2cc1O. The lowest BCUT2D eigenvalue weighted by Gasteiger charge is -2.02. The smallest absolute Gasteiger partial charge is 0.339 e. The number of carboxylic acids is 1. The fraction of sp³-hybridized carbons (Fsp3) is 0.368. The van der Waals surface area contributed by atoms with Gasteiger partial charge in [-0.15, -0.1) is 0 Å². The van der Waals surface area contributed by atoms with E-state index in [1.165, 1.54) is 31.4 Å². The molecule has 0 atom stereocenters. The van der Waals surface area contributed by atoms with E-state index in [1.807, 2.05) is 18.2 Å². The number of hydrogen-bond acceptors (Lipinski definition) is 3. The third-order valence-electron chi connectivity index (χ3n) is 3.62. The molecule has 2 aromatic rings. The molecule has 0 bridgehead atoms. The number of carbonyl (C=O) groups excluding carboxylic acids is 1. The molecule has 0 aliphatic heterocycles. The number of benzene rings is 2. The van der Waals surface area contributed by atoms with Gasteiger partial charge in [0.05, 0.1) is 0 Å². The van der Waals surface area contributed by atoms with Crippen LogP contribution in [-0.4, -0.2) is 22.1 Å². The summed E-state index contributed by atoms with van der Waals surface area (Å²) in [7, 11) is 0. The summed E-state index contributed by atoms with van der Waals surface area (Å²) >= 11 is 0. The molecule has 2 rings (SSSR count). The Kier molecular flexibility index (Phi) is 8.33. The quantitative estimate of drug-likeness (QED) is 0.665. The van der Waals surface area contributed by atoms with Gasteiger partial charge in [0, 0.05) is 6.42 Å². The van der Waals surface area contributed by atoms with E-state index >= 15 is 0 Å². The molecule has 0 heterocycles. The van der Waals surface area contributed by atoms with E-state index in [0.29, 0.717) is 6.42 Å². The van der Waals surface area contributed by atoms with Crippen molar-refractivity contribution in [3.8, 4) is 5.75 Å². The zero-order chi connectivity index (χ0) is 17.9. The van der Waals surface area contributed by atoms with E-state index in [0.717, 1.165) is 23.6 Å². The van der Waals surface area contributed by atoms with E-state index in [4.69, 9.17) is 10.8 Å². The molecule has 0 saturated carbocycles. The molecule has 5 nitrogen and oxygen atoms in total. The topological polar surface area (TPSA) is 101 Å². The Hall–Kier alpha value is -2.56. The minimum Gasteiger partial charge on any atom is -0.507 e. The number of primary amides is 1. The van der Waals surface area contributed by atoms with E-state index in [1.54, 1.807) is 6.07 Å². The largest absolute Gasteiger partial charge is 0.507 e. The average molecular weight is 331 g/mol. The summed E-state index contributed by atoms with van der Waals surface area (Å²) in [5, 5.41) is 19.8. The second-order valence-electron chi connectivity index (χ2n) is 5.65. The van der Waals surface area contributed by atoms with Crippen molar-refractivity contribution in [3.63, 3.8) is 0 Å². The van der Waals surface area contributed by atoms with Crippen LogP contribution in [0.4, 0.5) is 0 Å². The van der Waals surface area contributed by atoms with Crippen LogP contribution in [0.3, 0.4) is 0 Å². The molecule has 4 N–H and O–H groups in total. The molecule has 0 aromatic heterocycles. The lowest BCUT2D eigenvalue weighted by molar-refractivity contribution is -0.118. The van der Waals surface area contributed by atoms with Gasteiger partial charge in [-0.05, 0) is 29.3 Å². The van der Waals surface area contributed by atoms with E-state index in [9.17, 15) is 14.7 Å². The number of aromatic carboxylic acids is 1. The van der Waals surface area contributed by atoms with Crippen LogP contribution in [0.2, 0.25) is 0 Å². The Balaban J connectivity index is 0.000000257. The van der Waals surface area contributed by atoms with Crippen molar-refractivity contribution in [3.05, 3.63) is 42.0 Å². The van der Waals surface area contributed by atoms with Crippen LogP contribution in [0.25, 0.3) is 10.8 Å². The maximum absolute atomic E-state index is 10.7. The predicted molar refractivity (Wildman–Crippen MR) is 95.1 cm³/mol. The van der Waals surface area contributed by atoms with Crippen LogP contribution < -0.4 is 5.73 Å². The summed E-state index contributed by atoms with van der Waals surface area (Å²) in [6, 6.07) is 10.2. The summed E-state index contributed by atoms with van der Waals surface area (Å²) in [5.41, 5.74) is 4.90. The fourth-order valence-corrected chi connectivity index (χ4v) is 2.30. The number of unbranched alkanes of at least 4 members (excludes halogenated alkanes) is 4. The molecule has 2 aromatic carbocycles. The summed E-state index contributed by atoms with van der Waals surface area (Å²) in [6.45, 7) is 2.17. The number of rotatable bonds is 7. The molecule has 0 aliphatic rings. The monoisotopic (exact) mass is 331 g/mol. The van der Waals surface area contributed by atoms with Crippen LogP contribution in [0, 0.1) is 0 Å². The zero-order valence-electron chi connectivity index (χ0n) is 14.0. The molecule has 130 valence electrons. The second kappa shape index (κ2) is 10.3. The Morgan fingerprint density at radius 2 is 1.58 bits per heavy atom. The normalized spacial score (nSPS) is 10.0. The van der Waals surface area contributed by atoms with Gasteiger partial charge < -0.3 is 15.9 Å². The first-order valence-electron chi connectivity index (χ1n) is 8.19. The van der Waals surface area contributed by atoms with Gasteiger partial charge in [-0.3, -0.25) is 4.79 Å². The highest BCUT2D eigenvalue weighted by atomic mass is 16.4. The van der Waals surface area contributed by atoms with Gasteiger partial charge in [-0.25, -0.2) is 4.79 Å². The maximum atomic E-state index is 10.7. The van der Waals surface area contributed by atoms with E-state index in [2.05, 4.69) is 6.92 Å². The summed E-state index contributed by atoms with van der Waals surface area (Å²) in [5.74, 6) is -1.49. The minimum absolute atomic E-state index is 0.0660. The number of amides is 1. The molecule has 0 spiro atoms. The zero-order valence-corrected chi connectivity index (χ0v) is 14.0.